The fourth-order valence-electron chi connectivity index (χ4n) is 3.87. The average molecular weight is 402 g/mol. The minimum absolute atomic E-state index is 0.175. The van der Waals surface area contributed by atoms with E-state index < -0.39 is 5.41 Å². The van der Waals surface area contributed by atoms with Crippen molar-refractivity contribution in [1.82, 2.24) is 19.4 Å². The van der Waals surface area contributed by atoms with E-state index in [1.54, 1.807) is 32.0 Å². The van der Waals surface area contributed by atoms with Gasteiger partial charge in [-0.15, -0.1) is 0 Å². The number of nitrogens with zero attached hydrogens (tertiary/aromatic N) is 4. The largest absolute Gasteiger partial charge is 0.383 e. The van der Waals surface area contributed by atoms with E-state index in [4.69, 9.17) is 10.7 Å². The van der Waals surface area contributed by atoms with Crippen molar-refractivity contribution >= 4 is 23.1 Å². The number of nitrogens with one attached hydrogen (secondary N) is 1. The molecule has 0 unspecified atom stereocenters. The number of hydrogen-bond acceptors (Lipinski definition) is 5. The number of imidazole rings is 1. The van der Waals surface area contributed by atoms with Crippen LogP contribution in [0, 0.1) is 5.82 Å². The highest BCUT2D eigenvalue weighted by Gasteiger charge is 2.42. The van der Waals surface area contributed by atoms with Gasteiger partial charge >= 0.3 is 0 Å². The Bertz CT molecular complexity index is 1330. The van der Waals surface area contributed by atoms with Crippen LogP contribution in [0.1, 0.15) is 30.8 Å². The third-order valence-electron chi connectivity index (χ3n) is 5.50. The van der Waals surface area contributed by atoms with Gasteiger partial charge in [0.25, 0.3) is 0 Å². The number of rotatable bonds is 3. The predicted molar refractivity (Wildman–Crippen MR) is 111 cm³/mol. The summed E-state index contributed by atoms with van der Waals surface area (Å²) in [5, 5.41) is 2.79. The minimum Gasteiger partial charge on any atom is -0.383 e. The van der Waals surface area contributed by atoms with Crippen LogP contribution in [0.25, 0.3) is 17.0 Å². The second-order valence-electron chi connectivity index (χ2n) is 7.84. The van der Waals surface area contributed by atoms with Crippen LogP contribution in [-0.2, 0) is 16.6 Å². The molecule has 0 bridgehead atoms. The second kappa shape index (κ2) is 6.35. The number of carbonyl (C=O) groups is 1. The van der Waals surface area contributed by atoms with Gasteiger partial charge in [-0.1, -0.05) is 24.3 Å². The van der Waals surface area contributed by atoms with E-state index in [0.717, 1.165) is 5.52 Å². The molecule has 0 fully saturated rings. The lowest BCUT2D eigenvalue weighted by atomic mass is 9.87. The number of fused-ring (bicyclic) bond motifs is 2. The molecule has 7 nitrogen and oxygen atoms in total. The van der Waals surface area contributed by atoms with Crippen LogP contribution in [0.3, 0.4) is 0 Å². The summed E-state index contributed by atoms with van der Waals surface area (Å²) in [6, 6.07) is 12.3. The number of amides is 1. The van der Waals surface area contributed by atoms with Crippen molar-refractivity contribution in [3.63, 3.8) is 0 Å². The quantitative estimate of drug-likeness (QED) is 0.548. The van der Waals surface area contributed by atoms with E-state index in [-0.39, 0.29) is 17.5 Å². The number of carbonyl (C=O) groups excluding carboxylic acids is 1. The number of nitrogen functional groups attached to an aromatic ring is 1. The summed E-state index contributed by atoms with van der Waals surface area (Å²) in [5.41, 5.74) is 7.84. The van der Waals surface area contributed by atoms with Gasteiger partial charge in [0.05, 0.1) is 16.5 Å². The van der Waals surface area contributed by atoms with E-state index in [0.29, 0.717) is 40.7 Å². The normalized spacial score (nSPS) is 14.7. The van der Waals surface area contributed by atoms with Gasteiger partial charge in [0.1, 0.15) is 29.0 Å². The van der Waals surface area contributed by atoms with Crippen molar-refractivity contribution in [2.45, 2.75) is 25.7 Å². The molecule has 1 aliphatic rings. The molecule has 1 aromatic carbocycles. The summed E-state index contributed by atoms with van der Waals surface area (Å²) in [6.07, 6.45) is 2.17. The van der Waals surface area contributed by atoms with E-state index in [1.165, 1.54) is 6.07 Å². The lowest BCUT2D eigenvalue weighted by molar-refractivity contribution is -0.119. The van der Waals surface area contributed by atoms with Gasteiger partial charge in [-0.05, 0) is 37.6 Å². The van der Waals surface area contributed by atoms with Crippen LogP contribution in [0.2, 0.25) is 0 Å². The van der Waals surface area contributed by atoms with Gasteiger partial charge in [0.2, 0.25) is 5.91 Å². The summed E-state index contributed by atoms with van der Waals surface area (Å²) >= 11 is 0. The highest BCUT2D eigenvalue weighted by Crippen LogP contribution is 2.40. The molecule has 0 saturated heterocycles. The first-order chi connectivity index (χ1) is 14.4. The third-order valence-corrected chi connectivity index (χ3v) is 5.50. The standard InChI is InChI=1S/C22H19FN6O/c1-22(2)16-18(24)26-20(27-19(16)28-21(22)30)17-14-9-5-6-10-29(14)15(25-17)11-12-7-3-4-8-13(12)23/h3-10H,11H2,1-2H3,(H3,24,26,27,28,30). The first kappa shape index (κ1) is 18.2. The molecule has 3 N–H and O–H groups in total. The highest BCUT2D eigenvalue weighted by atomic mass is 19.1. The second-order valence-corrected chi connectivity index (χ2v) is 7.84. The summed E-state index contributed by atoms with van der Waals surface area (Å²) in [7, 11) is 0. The van der Waals surface area contributed by atoms with Crippen LogP contribution >= 0.6 is 0 Å². The summed E-state index contributed by atoms with van der Waals surface area (Å²) in [4.78, 5) is 26.0. The first-order valence-corrected chi connectivity index (χ1v) is 9.55. The van der Waals surface area contributed by atoms with Crippen molar-refractivity contribution in [2.75, 3.05) is 11.1 Å². The Morgan fingerprint density at radius 2 is 1.87 bits per heavy atom. The summed E-state index contributed by atoms with van der Waals surface area (Å²) in [6.45, 7) is 3.57. The zero-order chi connectivity index (χ0) is 21.0. The molecule has 4 heterocycles. The van der Waals surface area contributed by atoms with Crippen LogP contribution < -0.4 is 11.1 Å². The van der Waals surface area contributed by atoms with Gasteiger partial charge in [-0.25, -0.2) is 19.3 Å². The lowest BCUT2D eigenvalue weighted by Crippen LogP contribution is -2.27. The summed E-state index contributed by atoms with van der Waals surface area (Å²) < 4.78 is 16.1. The molecule has 1 amide bonds. The number of nitrogens with two attached hydrogens (primary N) is 1. The monoisotopic (exact) mass is 402 g/mol. The van der Waals surface area contributed by atoms with E-state index in [2.05, 4.69) is 15.3 Å². The highest BCUT2D eigenvalue weighted by molar-refractivity contribution is 6.06. The molecule has 150 valence electrons. The lowest BCUT2D eigenvalue weighted by Gasteiger charge is -2.15. The Labute approximate surface area is 171 Å². The molecular weight excluding hydrogens is 383 g/mol. The van der Waals surface area contributed by atoms with Crippen LogP contribution in [0.15, 0.2) is 48.7 Å². The Morgan fingerprint density at radius 3 is 2.67 bits per heavy atom. The van der Waals surface area contributed by atoms with Gasteiger partial charge in [-0.2, -0.15) is 0 Å². The van der Waals surface area contributed by atoms with Crippen molar-refractivity contribution in [3.05, 3.63) is 71.4 Å². The van der Waals surface area contributed by atoms with Crippen molar-refractivity contribution < 1.29 is 9.18 Å². The number of benzene rings is 1. The number of aromatic nitrogens is 4. The Hall–Kier alpha value is -3.81. The minimum atomic E-state index is -0.801. The Kier molecular flexibility index (Phi) is 3.86. The molecule has 0 atom stereocenters. The van der Waals surface area contributed by atoms with Gasteiger partial charge < -0.3 is 15.5 Å². The SMILES string of the molecule is CC1(C)C(=O)Nc2nc(-c3nc(Cc4ccccc4F)n4ccccc34)nc(N)c21. The topological polar surface area (TPSA) is 98.2 Å². The average Bonchev–Trinajstić information content (AvgIpc) is 3.18. The smallest absolute Gasteiger partial charge is 0.235 e. The maximum atomic E-state index is 14.2. The molecule has 8 heteroatoms. The van der Waals surface area contributed by atoms with Crippen molar-refractivity contribution in [2.24, 2.45) is 0 Å². The number of pyridine rings is 1. The summed E-state index contributed by atoms with van der Waals surface area (Å²) in [5.74, 6) is 1.15. The molecular formula is C22H19FN6O. The fraction of sp³-hybridized carbons (Fsp3) is 0.182. The zero-order valence-corrected chi connectivity index (χ0v) is 16.5. The number of hydrogen-bond donors (Lipinski definition) is 2. The molecule has 0 saturated carbocycles. The number of anilines is 2. The Morgan fingerprint density at radius 1 is 1.10 bits per heavy atom. The molecule has 4 aromatic rings. The maximum absolute atomic E-state index is 14.2. The van der Waals surface area contributed by atoms with Crippen LogP contribution in [0.4, 0.5) is 16.0 Å². The van der Waals surface area contributed by atoms with Crippen molar-refractivity contribution in [3.8, 4) is 11.5 Å². The molecule has 30 heavy (non-hydrogen) atoms. The molecule has 0 aliphatic carbocycles. The van der Waals surface area contributed by atoms with Gasteiger partial charge in [0, 0.05) is 12.6 Å². The van der Waals surface area contributed by atoms with Crippen molar-refractivity contribution in [1.29, 1.82) is 0 Å². The Balaban J connectivity index is 1.67. The van der Waals surface area contributed by atoms with E-state index in [9.17, 15) is 9.18 Å². The molecule has 0 radical (unpaired) electrons. The number of halogens is 1. The van der Waals surface area contributed by atoms with Gasteiger partial charge in [0.15, 0.2) is 5.82 Å². The molecule has 3 aromatic heterocycles. The van der Waals surface area contributed by atoms with Crippen LogP contribution in [0.5, 0.6) is 0 Å². The molecule has 1 aliphatic heterocycles. The maximum Gasteiger partial charge on any atom is 0.235 e. The van der Waals surface area contributed by atoms with Crippen LogP contribution in [-0.4, -0.2) is 25.3 Å². The third kappa shape index (κ3) is 2.64. The van der Waals surface area contributed by atoms with E-state index >= 15 is 0 Å². The zero-order valence-electron chi connectivity index (χ0n) is 16.5. The predicted octanol–water partition coefficient (Wildman–Crippen LogP) is 3.33. The first-order valence-electron chi connectivity index (χ1n) is 9.55. The van der Waals surface area contributed by atoms with E-state index in [1.807, 2.05) is 28.8 Å². The molecule has 0 spiro atoms. The molecule has 5 rings (SSSR count). The fourth-order valence-corrected chi connectivity index (χ4v) is 3.87. The van der Waals surface area contributed by atoms with Gasteiger partial charge in [-0.3, -0.25) is 4.79 Å².